The van der Waals surface area contributed by atoms with Crippen LogP contribution in [0.2, 0.25) is 0 Å². The molecular weight excluding hydrogens is 320 g/mol. The molecule has 0 atom stereocenters. The van der Waals surface area contributed by atoms with Crippen molar-refractivity contribution in [1.29, 1.82) is 0 Å². The van der Waals surface area contributed by atoms with Crippen LogP contribution in [0.15, 0.2) is 24.3 Å². The van der Waals surface area contributed by atoms with E-state index in [4.69, 9.17) is 5.11 Å². The molecule has 0 spiro atoms. The third-order valence-corrected chi connectivity index (χ3v) is 4.52. The van der Waals surface area contributed by atoms with Crippen molar-refractivity contribution in [2.75, 3.05) is 62.6 Å². The molecule has 0 saturated carbocycles. The Bertz CT molecular complexity index is 564. The lowest BCUT2D eigenvalue weighted by Gasteiger charge is -2.33. The number of aliphatic hydroxyl groups is 1. The minimum Gasteiger partial charge on any atom is -0.395 e. The molecule has 2 rings (SSSR count). The van der Waals surface area contributed by atoms with Gasteiger partial charge in [0.2, 0.25) is 0 Å². The van der Waals surface area contributed by atoms with Gasteiger partial charge in [0.15, 0.2) is 0 Å². The van der Waals surface area contributed by atoms with Crippen LogP contribution in [0, 0.1) is 0 Å². The summed E-state index contributed by atoms with van der Waals surface area (Å²) in [6.45, 7) is 9.11. The summed E-state index contributed by atoms with van der Waals surface area (Å²) in [7, 11) is 0. The zero-order chi connectivity index (χ0) is 18.2. The van der Waals surface area contributed by atoms with Crippen LogP contribution in [-0.4, -0.2) is 79.1 Å². The summed E-state index contributed by atoms with van der Waals surface area (Å²) in [6, 6.07) is 7.53. The van der Waals surface area contributed by atoms with Crippen molar-refractivity contribution in [2.45, 2.75) is 13.8 Å². The van der Waals surface area contributed by atoms with E-state index in [1.165, 1.54) is 0 Å². The Morgan fingerprint density at radius 2 is 1.68 bits per heavy atom. The zero-order valence-corrected chi connectivity index (χ0v) is 15.1. The number of nitrogens with zero attached hydrogens (tertiary/aromatic N) is 3. The van der Waals surface area contributed by atoms with Gasteiger partial charge in [-0.25, -0.2) is 0 Å². The highest BCUT2D eigenvalue weighted by atomic mass is 16.3. The fourth-order valence-corrected chi connectivity index (χ4v) is 2.99. The van der Waals surface area contributed by atoms with Gasteiger partial charge in [-0.15, -0.1) is 0 Å². The van der Waals surface area contributed by atoms with Gasteiger partial charge in [-0.05, 0) is 38.1 Å². The van der Waals surface area contributed by atoms with Crippen LogP contribution in [0.3, 0.4) is 0 Å². The number of anilines is 2. The molecule has 1 aliphatic rings. The first-order chi connectivity index (χ1) is 12.1. The summed E-state index contributed by atoms with van der Waals surface area (Å²) in [5.74, 6) is -1.11. The minimum absolute atomic E-state index is 0.109. The predicted molar refractivity (Wildman–Crippen MR) is 98.7 cm³/mol. The van der Waals surface area contributed by atoms with Gasteiger partial charge in [-0.3, -0.25) is 14.5 Å². The number of β-amino-alcohol motifs (C(OH)–C–C–N with tert-alkyl or cyclic N) is 1. The SMILES string of the molecule is CCN(CC)c1ccc(NC(=O)C(=O)N2CCN(CCO)CC2)cc1. The van der Waals surface area contributed by atoms with Crippen molar-refractivity contribution < 1.29 is 14.7 Å². The van der Waals surface area contributed by atoms with Crippen molar-refractivity contribution >= 4 is 23.2 Å². The fourth-order valence-electron chi connectivity index (χ4n) is 2.99. The lowest BCUT2D eigenvalue weighted by molar-refractivity contribution is -0.144. The molecule has 1 aliphatic heterocycles. The normalized spacial score (nSPS) is 15.1. The summed E-state index contributed by atoms with van der Waals surface area (Å²) in [4.78, 5) is 30.3. The van der Waals surface area contributed by atoms with Crippen molar-refractivity contribution in [2.24, 2.45) is 0 Å². The number of rotatable bonds is 6. The van der Waals surface area contributed by atoms with Crippen LogP contribution in [0.5, 0.6) is 0 Å². The molecule has 1 heterocycles. The van der Waals surface area contributed by atoms with Crippen molar-refractivity contribution in [3.63, 3.8) is 0 Å². The topological polar surface area (TPSA) is 76.1 Å². The van der Waals surface area contributed by atoms with Crippen LogP contribution in [0.4, 0.5) is 11.4 Å². The Kier molecular flexibility index (Phi) is 7.21. The molecule has 1 saturated heterocycles. The number of hydrogen-bond acceptors (Lipinski definition) is 5. The summed E-state index contributed by atoms with van der Waals surface area (Å²) in [6.07, 6.45) is 0. The number of piperazine rings is 1. The van der Waals surface area contributed by atoms with Gasteiger partial charge in [0.1, 0.15) is 0 Å². The van der Waals surface area contributed by atoms with Gasteiger partial charge in [-0.1, -0.05) is 0 Å². The number of amides is 2. The van der Waals surface area contributed by atoms with Crippen molar-refractivity contribution in [1.82, 2.24) is 9.80 Å². The third kappa shape index (κ3) is 5.17. The molecule has 7 nitrogen and oxygen atoms in total. The summed E-state index contributed by atoms with van der Waals surface area (Å²) in [5.41, 5.74) is 1.71. The van der Waals surface area contributed by atoms with E-state index in [9.17, 15) is 9.59 Å². The Balaban J connectivity index is 1.88. The summed E-state index contributed by atoms with van der Waals surface area (Å²) in [5, 5.41) is 11.6. The molecular formula is C18H28N4O3. The second kappa shape index (κ2) is 9.39. The molecule has 2 amide bonds. The van der Waals surface area contributed by atoms with E-state index in [0.29, 0.717) is 38.4 Å². The number of hydrogen-bond donors (Lipinski definition) is 2. The third-order valence-electron chi connectivity index (χ3n) is 4.52. The van der Waals surface area contributed by atoms with Crippen LogP contribution in [0.25, 0.3) is 0 Å². The Hall–Kier alpha value is -2.12. The van der Waals surface area contributed by atoms with E-state index in [2.05, 4.69) is 29.0 Å². The molecule has 1 fully saturated rings. The van der Waals surface area contributed by atoms with Crippen LogP contribution in [0.1, 0.15) is 13.8 Å². The second-order valence-corrected chi connectivity index (χ2v) is 6.03. The largest absolute Gasteiger partial charge is 0.395 e. The van der Waals surface area contributed by atoms with Crippen molar-refractivity contribution in [3.05, 3.63) is 24.3 Å². The highest BCUT2D eigenvalue weighted by Gasteiger charge is 2.25. The Labute approximate surface area is 149 Å². The number of carbonyl (C=O) groups excluding carboxylic acids is 2. The molecule has 0 aromatic heterocycles. The average Bonchev–Trinajstić information content (AvgIpc) is 2.64. The monoisotopic (exact) mass is 348 g/mol. The lowest BCUT2D eigenvalue weighted by atomic mass is 10.2. The van der Waals surface area contributed by atoms with Gasteiger partial charge in [0.25, 0.3) is 0 Å². The van der Waals surface area contributed by atoms with Crippen LogP contribution < -0.4 is 10.2 Å². The molecule has 2 N–H and O–H groups in total. The lowest BCUT2D eigenvalue weighted by Crippen LogP contribution is -2.52. The van der Waals surface area contributed by atoms with Gasteiger partial charge in [0.05, 0.1) is 6.61 Å². The molecule has 138 valence electrons. The molecule has 0 unspecified atom stereocenters. The van der Waals surface area contributed by atoms with E-state index < -0.39 is 11.8 Å². The first-order valence-corrected chi connectivity index (χ1v) is 8.87. The number of carbonyl (C=O) groups is 2. The van der Waals surface area contributed by atoms with E-state index in [-0.39, 0.29) is 6.61 Å². The second-order valence-electron chi connectivity index (χ2n) is 6.03. The maximum Gasteiger partial charge on any atom is 0.313 e. The molecule has 7 heteroatoms. The average molecular weight is 348 g/mol. The zero-order valence-electron chi connectivity index (χ0n) is 15.1. The molecule has 0 radical (unpaired) electrons. The smallest absolute Gasteiger partial charge is 0.313 e. The van der Waals surface area contributed by atoms with Crippen LogP contribution >= 0.6 is 0 Å². The fraction of sp³-hybridized carbons (Fsp3) is 0.556. The maximum absolute atomic E-state index is 12.3. The number of nitrogens with one attached hydrogen (secondary N) is 1. The quantitative estimate of drug-likeness (QED) is 0.737. The van der Waals surface area contributed by atoms with Crippen molar-refractivity contribution in [3.8, 4) is 0 Å². The highest BCUT2D eigenvalue weighted by molar-refractivity contribution is 6.39. The number of aliphatic hydroxyl groups excluding tert-OH is 1. The molecule has 0 bridgehead atoms. The van der Waals surface area contributed by atoms with Crippen LogP contribution in [-0.2, 0) is 9.59 Å². The van der Waals surface area contributed by atoms with E-state index in [1.54, 1.807) is 4.90 Å². The molecule has 1 aromatic rings. The standard InChI is InChI=1S/C18H28N4O3/c1-3-21(4-2)16-7-5-15(6-8-16)19-17(24)18(25)22-11-9-20(10-12-22)13-14-23/h5-8,23H,3-4,9-14H2,1-2H3,(H,19,24). The molecule has 1 aromatic carbocycles. The predicted octanol–water partition coefficient (Wildman–Crippen LogP) is 0.608. The summed E-state index contributed by atoms with van der Waals surface area (Å²) < 4.78 is 0. The number of benzene rings is 1. The van der Waals surface area contributed by atoms with Gasteiger partial charge >= 0.3 is 11.8 Å². The van der Waals surface area contributed by atoms with E-state index in [0.717, 1.165) is 18.8 Å². The molecule has 0 aliphatic carbocycles. The first kappa shape index (κ1) is 19.2. The van der Waals surface area contributed by atoms with Gasteiger partial charge in [-0.2, -0.15) is 0 Å². The minimum atomic E-state index is -0.605. The Morgan fingerprint density at radius 3 is 2.20 bits per heavy atom. The maximum atomic E-state index is 12.3. The highest BCUT2D eigenvalue weighted by Crippen LogP contribution is 2.17. The summed E-state index contributed by atoms with van der Waals surface area (Å²) >= 11 is 0. The first-order valence-electron chi connectivity index (χ1n) is 8.87. The molecule has 25 heavy (non-hydrogen) atoms. The van der Waals surface area contributed by atoms with E-state index >= 15 is 0 Å². The van der Waals surface area contributed by atoms with Gasteiger partial charge < -0.3 is 20.2 Å². The van der Waals surface area contributed by atoms with Gasteiger partial charge in [0, 0.05) is 57.2 Å². The Morgan fingerprint density at radius 1 is 1.08 bits per heavy atom. The van der Waals surface area contributed by atoms with E-state index in [1.807, 2.05) is 24.3 Å².